The molecule has 1 N–H and O–H groups in total. The number of aromatic nitrogens is 3. The molecule has 0 amide bonds. The van der Waals surface area contributed by atoms with E-state index < -0.39 is 0 Å². The fourth-order valence-corrected chi connectivity index (χ4v) is 2.76. The van der Waals surface area contributed by atoms with Crippen molar-refractivity contribution in [2.24, 2.45) is 5.92 Å². The minimum absolute atomic E-state index is 0.0769. The molecule has 0 spiro atoms. The summed E-state index contributed by atoms with van der Waals surface area (Å²) in [6.45, 7) is 2.63. The summed E-state index contributed by atoms with van der Waals surface area (Å²) in [4.78, 5) is 14.9. The molecule has 1 aliphatic rings. The van der Waals surface area contributed by atoms with E-state index in [2.05, 4.69) is 15.4 Å². The highest BCUT2D eigenvalue weighted by Gasteiger charge is 2.31. The lowest BCUT2D eigenvalue weighted by atomic mass is 9.80. The van der Waals surface area contributed by atoms with Crippen molar-refractivity contribution in [2.75, 3.05) is 5.32 Å². The second-order valence-electron chi connectivity index (χ2n) is 5.49. The van der Waals surface area contributed by atoms with Crippen molar-refractivity contribution in [3.05, 3.63) is 46.4 Å². The molecule has 7 heteroatoms. The van der Waals surface area contributed by atoms with Gasteiger partial charge in [-0.15, -0.1) is 0 Å². The van der Waals surface area contributed by atoms with Gasteiger partial charge in [-0.3, -0.25) is 14.8 Å². The molecule has 1 fully saturated rings. The first-order valence-corrected chi connectivity index (χ1v) is 6.97. The summed E-state index contributed by atoms with van der Waals surface area (Å²) in [7, 11) is 0. The van der Waals surface area contributed by atoms with Crippen molar-refractivity contribution >= 4 is 11.5 Å². The van der Waals surface area contributed by atoms with E-state index in [1.807, 2.05) is 16.9 Å². The smallest absolute Gasteiger partial charge is 0.314 e. The SMILES string of the molecule is Cc1ccnc(NC2CC(Cn3cccn3)C2)c1[N+](=O)[O-]. The number of nitro groups is 1. The molecule has 110 valence electrons. The lowest BCUT2D eigenvalue weighted by Crippen LogP contribution is -2.38. The fraction of sp³-hybridized carbons (Fsp3) is 0.429. The van der Waals surface area contributed by atoms with Gasteiger partial charge in [0.15, 0.2) is 0 Å². The van der Waals surface area contributed by atoms with Crippen LogP contribution in [0.2, 0.25) is 0 Å². The van der Waals surface area contributed by atoms with Crippen LogP contribution in [-0.4, -0.2) is 25.7 Å². The van der Waals surface area contributed by atoms with Gasteiger partial charge in [0.2, 0.25) is 5.82 Å². The maximum atomic E-state index is 11.1. The third-order valence-corrected chi connectivity index (χ3v) is 3.89. The Balaban J connectivity index is 1.60. The maximum absolute atomic E-state index is 11.1. The number of nitrogens with one attached hydrogen (secondary N) is 1. The van der Waals surface area contributed by atoms with E-state index >= 15 is 0 Å². The van der Waals surface area contributed by atoms with Gasteiger partial charge in [0.1, 0.15) is 0 Å². The highest BCUT2D eigenvalue weighted by Crippen LogP contribution is 2.34. The Labute approximate surface area is 122 Å². The van der Waals surface area contributed by atoms with Crippen molar-refractivity contribution in [1.82, 2.24) is 14.8 Å². The average molecular weight is 287 g/mol. The van der Waals surface area contributed by atoms with E-state index in [1.165, 1.54) is 0 Å². The van der Waals surface area contributed by atoms with Gasteiger partial charge in [-0.1, -0.05) is 0 Å². The number of nitrogens with zero attached hydrogens (tertiary/aromatic N) is 4. The van der Waals surface area contributed by atoms with Gasteiger partial charge >= 0.3 is 5.69 Å². The van der Waals surface area contributed by atoms with Crippen LogP contribution in [0.15, 0.2) is 30.7 Å². The van der Waals surface area contributed by atoms with Crippen molar-refractivity contribution < 1.29 is 4.92 Å². The zero-order chi connectivity index (χ0) is 14.8. The van der Waals surface area contributed by atoms with Crippen LogP contribution in [0.1, 0.15) is 18.4 Å². The zero-order valence-electron chi connectivity index (χ0n) is 11.8. The van der Waals surface area contributed by atoms with Crippen molar-refractivity contribution in [3.8, 4) is 0 Å². The van der Waals surface area contributed by atoms with Gasteiger partial charge in [0.25, 0.3) is 0 Å². The van der Waals surface area contributed by atoms with E-state index in [1.54, 1.807) is 25.4 Å². The van der Waals surface area contributed by atoms with Crippen LogP contribution in [-0.2, 0) is 6.54 Å². The van der Waals surface area contributed by atoms with Crippen LogP contribution in [0, 0.1) is 23.0 Å². The summed E-state index contributed by atoms with van der Waals surface area (Å²) >= 11 is 0. The molecule has 0 atom stereocenters. The lowest BCUT2D eigenvalue weighted by Gasteiger charge is -2.35. The lowest BCUT2D eigenvalue weighted by molar-refractivity contribution is -0.384. The first-order chi connectivity index (χ1) is 10.1. The molecule has 2 heterocycles. The second-order valence-corrected chi connectivity index (χ2v) is 5.49. The van der Waals surface area contributed by atoms with Crippen LogP contribution in [0.25, 0.3) is 0 Å². The molecular formula is C14H17N5O2. The number of aryl methyl sites for hydroxylation is 1. The van der Waals surface area contributed by atoms with E-state index in [9.17, 15) is 10.1 Å². The van der Waals surface area contributed by atoms with Crippen LogP contribution < -0.4 is 5.32 Å². The monoisotopic (exact) mass is 287 g/mol. The predicted molar refractivity (Wildman–Crippen MR) is 78.0 cm³/mol. The Morgan fingerprint density at radius 3 is 2.95 bits per heavy atom. The molecule has 0 unspecified atom stereocenters. The minimum Gasteiger partial charge on any atom is -0.362 e. The molecule has 0 radical (unpaired) electrons. The van der Waals surface area contributed by atoms with Crippen LogP contribution in [0.3, 0.4) is 0 Å². The average Bonchev–Trinajstić information content (AvgIpc) is 2.88. The molecular weight excluding hydrogens is 270 g/mol. The third kappa shape index (κ3) is 2.86. The van der Waals surface area contributed by atoms with E-state index in [4.69, 9.17) is 0 Å². The molecule has 0 aliphatic heterocycles. The normalized spacial score (nSPS) is 20.8. The zero-order valence-corrected chi connectivity index (χ0v) is 11.8. The quantitative estimate of drug-likeness (QED) is 0.674. The Morgan fingerprint density at radius 2 is 2.29 bits per heavy atom. The molecule has 0 saturated heterocycles. The van der Waals surface area contributed by atoms with E-state index in [-0.39, 0.29) is 16.7 Å². The summed E-state index contributed by atoms with van der Waals surface area (Å²) in [6.07, 6.45) is 7.28. The second kappa shape index (κ2) is 5.51. The van der Waals surface area contributed by atoms with Gasteiger partial charge < -0.3 is 5.32 Å². The number of pyridine rings is 1. The van der Waals surface area contributed by atoms with Gasteiger partial charge in [0.05, 0.1) is 4.92 Å². The number of rotatable bonds is 5. The largest absolute Gasteiger partial charge is 0.362 e. The standard InChI is InChI=1S/C14H17N5O2/c1-10-3-5-15-14(13(10)19(20)21)17-12-7-11(8-12)9-18-6-2-4-16-18/h2-6,11-12H,7-9H2,1H3,(H,15,17). The Hall–Kier alpha value is -2.44. The van der Waals surface area contributed by atoms with Gasteiger partial charge in [-0.2, -0.15) is 5.10 Å². The molecule has 1 aliphatic carbocycles. The Bertz CT molecular complexity index is 635. The van der Waals surface area contributed by atoms with Crippen LogP contribution >= 0.6 is 0 Å². The first kappa shape index (κ1) is 13.5. The molecule has 1 saturated carbocycles. The maximum Gasteiger partial charge on any atom is 0.314 e. The fourth-order valence-electron chi connectivity index (χ4n) is 2.76. The molecule has 0 bridgehead atoms. The summed E-state index contributed by atoms with van der Waals surface area (Å²) in [5.41, 5.74) is 0.706. The van der Waals surface area contributed by atoms with Crippen LogP contribution in [0.4, 0.5) is 11.5 Å². The van der Waals surface area contributed by atoms with Crippen molar-refractivity contribution in [1.29, 1.82) is 0 Å². The molecule has 3 rings (SSSR count). The van der Waals surface area contributed by atoms with Gasteiger partial charge in [0, 0.05) is 36.7 Å². The van der Waals surface area contributed by atoms with Gasteiger partial charge in [-0.05, 0) is 37.8 Å². The molecule has 2 aromatic rings. The highest BCUT2D eigenvalue weighted by molar-refractivity contribution is 5.60. The molecule has 0 aromatic carbocycles. The number of hydrogen-bond acceptors (Lipinski definition) is 5. The minimum atomic E-state index is -0.370. The van der Waals surface area contributed by atoms with Crippen molar-refractivity contribution in [2.45, 2.75) is 32.4 Å². The summed E-state index contributed by atoms with van der Waals surface area (Å²) in [5, 5.41) is 18.5. The van der Waals surface area contributed by atoms with E-state index in [0.29, 0.717) is 17.3 Å². The van der Waals surface area contributed by atoms with E-state index in [0.717, 1.165) is 19.4 Å². The Morgan fingerprint density at radius 1 is 1.48 bits per heavy atom. The summed E-state index contributed by atoms with van der Waals surface area (Å²) < 4.78 is 1.92. The van der Waals surface area contributed by atoms with Gasteiger partial charge in [-0.25, -0.2) is 4.98 Å². The summed E-state index contributed by atoms with van der Waals surface area (Å²) in [5.74, 6) is 0.939. The predicted octanol–water partition coefficient (Wildman–Crippen LogP) is 2.39. The molecule has 7 nitrogen and oxygen atoms in total. The Kier molecular flexibility index (Phi) is 3.55. The first-order valence-electron chi connectivity index (χ1n) is 6.97. The highest BCUT2D eigenvalue weighted by atomic mass is 16.6. The topological polar surface area (TPSA) is 85.9 Å². The number of hydrogen-bond donors (Lipinski definition) is 1. The summed E-state index contributed by atoms with van der Waals surface area (Å²) in [6, 6.07) is 3.82. The van der Waals surface area contributed by atoms with Crippen molar-refractivity contribution in [3.63, 3.8) is 0 Å². The van der Waals surface area contributed by atoms with Crippen LogP contribution in [0.5, 0.6) is 0 Å². The third-order valence-electron chi connectivity index (χ3n) is 3.89. The molecule has 21 heavy (non-hydrogen) atoms. The molecule has 2 aromatic heterocycles. The number of anilines is 1.